The van der Waals surface area contributed by atoms with Crippen molar-refractivity contribution in [1.29, 1.82) is 0 Å². The number of hydrogen-bond acceptors (Lipinski definition) is 5. The summed E-state index contributed by atoms with van der Waals surface area (Å²) >= 11 is 0. The lowest BCUT2D eigenvalue weighted by atomic mass is 10.0. The Balaban J connectivity index is 1.99. The molecule has 1 heterocycles. The van der Waals surface area contributed by atoms with Crippen molar-refractivity contribution in [1.82, 2.24) is 5.32 Å². The Hall–Kier alpha value is -3.41. The van der Waals surface area contributed by atoms with Crippen LogP contribution in [0.2, 0.25) is 0 Å². The molecule has 0 atom stereocenters. The van der Waals surface area contributed by atoms with Gasteiger partial charge in [-0.1, -0.05) is 36.4 Å². The normalized spacial score (nSPS) is 11.3. The molecular formula is C23H23NO5. The van der Waals surface area contributed by atoms with E-state index in [0.29, 0.717) is 11.3 Å². The highest BCUT2D eigenvalue weighted by molar-refractivity contribution is 6.02. The zero-order chi connectivity index (χ0) is 21.2. The molecule has 1 aromatic heterocycles. The molecule has 6 heteroatoms. The van der Waals surface area contributed by atoms with Crippen LogP contribution in [0, 0.1) is 6.92 Å². The van der Waals surface area contributed by atoms with Crippen molar-refractivity contribution in [3.8, 4) is 11.3 Å². The minimum atomic E-state index is -0.731. The predicted octanol–water partition coefficient (Wildman–Crippen LogP) is 3.84. The van der Waals surface area contributed by atoms with Gasteiger partial charge >= 0.3 is 5.97 Å². The van der Waals surface area contributed by atoms with Crippen molar-refractivity contribution < 1.29 is 18.7 Å². The van der Waals surface area contributed by atoms with Crippen molar-refractivity contribution in [3.05, 3.63) is 69.9 Å². The molecule has 1 N–H and O–H groups in total. The molecule has 6 nitrogen and oxygen atoms in total. The number of carbonyl (C=O) groups excluding carboxylic acids is 2. The van der Waals surface area contributed by atoms with Gasteiger partial charge in [0, 0.05) is 16.7 Å². The molecule has 3 rings (SSSR count). The largest absolute Gasteiger partial charge is 0.455 e. The summed E-state index contributed by atoms with van der Waals surface area (Å²) in [6, 6.07) is 13.9. The summed E-state index contributed by atoms with van der Waals surface area (Å²) in [7, 11) is 0. The van der Waals surface area contributed by atoms with E-state index in [2.05, 4.69) is 5.32 Å². The minimum absolute atomic E-state index is 0.0975. The van der Waals surface area contributed by atoms with Crippen LogP contribution in [0.15, 0.2) is 57.7 Å². The molecule has 2 aromatic carbocycles. The number of benzene rings is 2. The SMILES string of the molecule is Cc1c(-c2ccccc2)oc2c(C(=O)OCC(=O)NC(C)(C)C)cccc2c1=O. The molecule has 0 unspecified atom stereocenters. The fraction of sp³-hybridized carbons (Fsp3) is 0.261. The lowest BCUT2D eigenvalue weighted by Gasteiger charge is -2.20. The van der Waals surface area contributed by atoms with Gasteiger partial charge in [-0.3, -0.25) is 9.59 Å². The van der Waals surface area contributed by atoms with Gasteiger partial charge in [0.15, 0.2) is 17.6 Å². The van der Waals surface area contributed by atoms with Gasteiger partial charge in [0.2, 0.25) is 0 Å². The smallest absolute Gasteiger partial charge is 0.342 e. The third-order valence-corrected chi connectivity index (χ3v) is 4.25. The molecule has 0 aliphatic rings. The number of rotatable bonds is 4. The lowest BCUT2D eigenvalue weighted by Crippen LogP contribution is -2.42. The van der Waals surface area contributed by atoms with Gasteiger partial charge in [-0.2, -0.15) is 0 Å². The molecule has 29 heavy (non-hydrogen) atoms. The highest BCUT2D eigenvalue weighted by Gasteiger charge is 2.21. The van der Waals surface area contributed by atoms with Crippen LogP contribution in [-0.2, 0) is 9.53 Å². The Morgan fingerprint density at radius 3 is 2.38 bits per heavy atom. The van der Waals surface area contributed by atoms with E-state index < -0.39 is 24.0 Å². The fourth-order valence-electron chi connectivity index (χ4n) is 3.00. The molecule has 0 aliphatic carbocycles. The second kappa shape index (κ2) is 7.91. The molecular weight excluding hydrogens is 370 g/mol. The Morgan fingerprint density at radius 1 is 1.03 bits per heavy atom. The molecule has 0 aliphatic heterocycles. The van der Waals surface area contributed by atoms with Crippen LogP contribution in [-0.4, -0.2) is 24.0 Å². The zero-order valence-electron chi connectivity index (χ0n) is 16.9. The quantitative estimate of drug-likeness (QED) is 0.681. The van der Waals surface area contributed by atoms with Crippen molar-refractivity contribution in [2.45, 2.75) is 33.2 Å². The summed E-state index contributed by atoms with van der Waals surface area (Å²) in [5.41, 5.74) is 0.780. The average molecular weight is 393 g/mol. The summed E-state index contributed by atoms with van der Waals surface area (Å²) in [6.45, 7) is 6.77. The molecule has 0 bridgehead atoms. The topological polar surface area (TPSA) is 85.6 Å². The number of esters is 1. The van der Waals surface area contributed by atoms with Gasteiger partial charge in [-0.05, 0) is 39.8 Å². The Morgan fingerprint density at radius 2 is 1.72 bits per heavy atom. The summed E-state index contributed by atoms with van der Waals surface area (Å²) < 4.78 is 11.1. The number of ether oxygens (including phenoxy) is 1. The fourth-order valence-corrected chi connectivity index (χ4v) is 3.00. The average Bonchev–Trinajstić information content (AvgIpc) is 2.67. The Kier molecular flexibility index (Phi) is 5.55. The highest BCUT2D eigenvalue weighted by atomic mass is 16.5. The number of nitrogens with one attached hydrogen (secondary N) is 1. The van der Waals surface area contributed by atoms with Gasteiger partial charge in [0.25, 0.3) is 5.91 Å². The third kappa shape index (κ3) is 4.54. The summed E-state index contributed by atoms with van der Waals surface area (Å²) in [5, 5.41) is 3.01. The number of para-hydroxylation sites is 1. The van der Waals surface area contributed by atoms with E-state index in [1.54, 1.807) is 19.1 Å². The van der Waals surface area contributed by atoms with E-state index >= 15 is 0 Å². The lowest BCUT2D eigenvalue weighted by molar-refractivity contribution is -0.125. The first-order chi connectivity index (χ1) is 13.7. The van der Waals surface area contributed by atoms with Crippen LogP contribution >= 0.6 is 0 Å². The van der Waals surface area contributed by atoms with E-state index in [0.717, 1.165) is 5.56 Å². The predicted molar refractivity (Wildman–Crippen MR) is 111 cm³/mol. The van der Waals surface area contributed by atoms with Crippen LogP contribution < -0.4 is 10.7 Å². The molecule has 0 spiro atoms. The monoisotopic (exact) mass is 393 g/mol. The first-order valence-corrected chi connectivity index (χ1v) is 9.27. The van der Waals surface area contributed by atoms with Crippen molar-refractivity contribution in [3.63, 3.8) is 0 Å². The maximum atomic E-state index is 12.8. The van der Waals surface area contributed by atoms with E-state index in [1.165, 1.54) is 6.07 Å². The first kappa shape index (κ1) is 20.3. The number of amides is 1. The molecule has 0 saturated heterocycles. The van der Waals surface area contributed by atoms with Crippen LogP contribution in [0.3, 0.4) is 0 Å². The zero-order valence-corrected chi connectivity index (χ0v) is 16.9. The molecule has 3 aromatic rings. The van der Waals surface area contributed by atoms with Crippen molar-refractivity contribution in [2.75, 3.05) is 6.61 Å². The van der Waals surface area contributed by atoms with Crippen LogP contribution in [0.1, 0.15) is 36.7 Å². The maximum absolute atomic E-state index is 12.8. The van der Waals surface area contributed by atoms with Crippen molar-refractivity contribution >= 4 is 22.8 Å². The van der Waals surface area contributed by atoms with Gasteiger partial charge < -0.3 is 14.5 Å². The Bertz CT molecular complexity index is 1120. The first-order valence-electron chi connectivity index (χ1n) is 9.27. The molecule has 0 fully saturated rings. The molecule has 0 saturated carbocycles. The van der Waals surface area contributed by atoms with Gasteiger partial charge in [-0.15, -0.1) is 0 Å². The number of carbonyl (C=O) groups is 2. The van der Waals surface area contributed by atoms with E-state index in [-0.39, 0.29) is 22.0 Å². The highest BCUT2D eigenvalue weighted by Crippen LogP contribution is 2.27. The van der Waals surface area contributed by atoms with Gasteiger partial charge in [0.1, 0.15) is 11.3 Å². The Labute approximate surface area is 168 Å². The summed E-state index contributed by atoms with van der Waals surface area (Å²) in [6.07, 6.45) is 0. The maximum Gasteiger partial charge on any atom is 0.342 e. The molecule has 150 valence electrons. The van der Waals surface area contributed by atoms with Gasteiger partial charge in [0.05, 0.1) is 5.39 Å². The van der Waals surface area contributed by atoms with E-state index in [9.17, 15) is 14.4 Å². The number of hydrogen-bond donors (Lipinski definition) is 1. The minimum Gasteiger partial charge on any atom is -0.455 e. The van der Waals surface area contributed by atoms with Crippen molar-refractivity contribution in [2.24, 2.45) is 0 Å². The molecule has 0 radical (unpaired) electrons. The van der Waals surface area contributed by atoms with Crippen LogP contribution in [0.5, 0.6) is 0 Å². The summed E-state index contributed by atoms with van der Waals surface area (Å²) in [4.78, 5) is 37.4. The third-order valence-electron chi connectivity index (χ3n) is 4.25. The van der Waals surface area contributed by atoms with Crippen LogP contribution in [0.4, 0.5) is 0 Å². The summed E-state index contributed by atoms with van der Waals surface area (Å²) in [5.74, 6) is -0.743. The van der Waals surface area contributed by atoms with Gasteiger partial charge in [-0.25, -0.2) is 4.79 Å². The standard InChI is InChI=1S/C23H23NO5/c1-14-19(26)16-11-8-12-17(22(27)28-13-18(25)24-23(2,3)4)21(16)29-20(14)15-9-6-5-7-10-15/h5-12H,13H2,1-4H3,(H,24,25). The van der Waals surface area contributed by atoms with Crippen LogP contribution in [0.25, 0.3) is 22.3 Å². The van der Waals surface area contributed by atoms with E-state index in [4.69, 9.17) is 9.15 Å². The second-order valence-electron chi connectivity index (χ2n) is 7.81. The van der Waals surface area contributed by atoms with E-state index in [1.807, 2.05) is 51.1 Å². The molecule has 1 amide bonds. The number of fused-ring (bicyclic) bond motifs is 1. The second-order valence-corrected chi connectivity index (χ2v) is 7.81.